The standard InChI is InChI=1S/C26H27NO4/c1-18(31-17-20-4-3-5-24(14-20)29-2)26(28)27-16-19-6-8-21(9-7-19)22-10-11-25-23(15-22)12-13-30-25/h3-11,14-15,18H,12-13,16-17H2,1-2H3,(H,27,28). The molecule has 0 bridgehead atoms. The van der Waals surface area contributed by atoms with E-state index in [4.69, 9.17) is 14.2 Å². The van der Waals surface area contributed by atoms with Crippen molar-refractivity contribution in [3.63, 3.8) is 0 Å². The normalized spacial score (nSPS) is 13.2. The van der Waals surface area contributed by atoms with Gasteiger partial charge < -0.3 is 19.5 Å². The minimum absolute atomic E-state index is 0.134. The average Bonchev–Trinajstić information content (AvgIpc) is 3.29. The lowest BCUT2D eigenvalue weighted by Gasteiger charge is -2.14. The highest BCUT2D eigenvalue weighted by Crippen LogP contribution is 2.30. The molecule has 0 saturated heterocycles. The molecule has 1 aliphatic rings. The Labute approximate surface area is 183 Å². The van der Waals surface area contributed by atoms with E-state index < -0.39 is 6.10 Å². The van der Waals surface area contributed by atoms with Crippen molar-refractivity contribution in [1.29, 1.82) is 0 Å². The molecule has 31 heavy (non-hydrogen) atoms. The largest absolute Gasteiger partial charge is 0.497 e. The van der Waals surface area contributed by atoms with E-state index >= 15 is 0 Å². The van der Waals surface area contributed by atoms with Crippen molar-refractivity contribution in [2.45, 2.75) is 32.6 Å². The highest BCUT2D eigenvalue weighted by atomic mass is 16.5. The number of hydrogen-bond acceptors (Lipinski definition) is 4. The van der Waals surface area contributed by atoms with Crippen molar-refractivity contribution in [1.82, 2.24) is 5.32 Å². The molecule has 5 nitrogen and oxygen atoms in total. The van der Waals surface area contributed by atoms with Crippen LogP contribution in [0.5, 0.6) is 11.5 Å². The fourth-order valence-corrected chi connectivity index (χ4v) is 3.57. The van der Waals surface area contributed by atoms with E-state index in [0.29, 0.717) is 13.2 Å². The van der Waals surface area contributed by atoms with E-state index in [1.54, 1.807) is 14.0 Å². The van der Waals surface area contributed by atoms with Crippen LogP contribution in [0.15, 0.2) is 66.7 Å². The summed E-state index contributed by atoms with van der Waals surface area (Å²) in [6.07, 6.45) is 0.421. The molecule has 1 N–H and O–H groups in total. The molecule has 160 valence electrons. The van der Waals surface area contributed by atoms with Crippen LogP contribution in [0.1, 0.15) is 23.6 Å². The summed E-state index contributed by atoms with van der Waals surface area (Å²) in [7, 11) is 1.63. The lowest BCUT2D eigenvalue weighted by molar-refractivity contribution is -0.132. The minimum Gasteiger partial charge on any atom is -0.497 e. The van der Waals surface area contributed by atoms with E-state index in [1.165, 1.54) is 11.1 Å². The number of benzene rings is 3. The Hall–Kier alpha value is -3.31. The van der Waals surface area contributed by atoms with Crippen molar-refractivity contribution < 1.29 is 19.0 Å². The summed E-state index contributed by atoms with van der Waals surface area (Å²) < 4.78 is 16.5. The molecule has 0 saturated carbocycles. The summed E-state index contributed by atoms with van der Waals surface area (Å²) in [6, 6.07) is 22.2. The minimum atomic E-state index is -0.542. The molecule has 0 fully saturated rings. The molecule has 0 aromatic heterocycles. The Bertz CT molecular complexity index is 1050. The van der Waals surface area contributed by atoms with Gasteiger partial charge in [0.2, 0.25) is 5.91 Å². The third kappa shape index (κ3) is 5.25. The maximum Gasteiger partial charge on any atom is 0.249 e. The zero-order chi connectivity index (χ0) is 21.6. The topological polar surface area (TPSA) is 56.8 Å². The summed E-state index contributed by atoms with van der Waals surface area (Å²) in [4.78, 5) is 12.4. The molecule has 3 aromatic rings. The van der Waals surface area contributed by atoms with Crippen LogP contribution in [0.4, 0.5) is 0 Å². The van der Waals surface area contributed by atoms with Crippen LogP contribution >= 0.6 is 0 Å². The number of ether oxygens (including phenoxy) is 3. The van der Waals surface area contributed by atoms with Gasteiger partial charge in [-0.15, -0.1) is 0 Å². The SMILES string of the molecule is COc1cccc(COC(C)C(=O)NCc2ccc(-c3ccc4c(c3)CCO4)cc2)c1. The Morgan fingerprint density at radius 3 is 2.65 bits per heavy atom. The zero-order valence-corrected chi connectivity index (χ0v) is 17.9. The number of hydrogen-bond donors (Lipinski definition) is 1. The fraction of sp³-hybridized carbons (Fsp3) is 0.269. The van der Waals surface area contributed by atoms with E-state index in [-0.39, 0.29) is 5.91 Å². The number of nitrogens with one attached hydrogen (secondary N) is 1. The Morgan fingerprint density at radius 1 is 1.03 bits per heavy atom. The predicted molar refractivity (Wildman–Crippen MR) is 120 cm³/mol. The molecule has 0 spiro atoms. The zero-order valence-electron chi connectivity index (χ0n) is 17.9. The van der Waals surface area contributed by atoms with Crippen LogP contribution < -0.4 is 14.8 Å². The maximum atomic E-state index is 12.4. The molecule has 0 radical (unpaired) electrons. The lowest BCUT2D eigenvalue weighted by Crippen LogP contribution is -2.34. The second-order valence-corrected chi connectivity index (χ2v) is 7.64. The Kier molecular flexibility index (Phi) is 6.53. The average molecular weight is 418 g/mol. The maximum absolute atomic E-state index is 12.4. The number of amides is 1. The van der Waals surface area contributed by atoms with E-state index in [2.05, 4.69) is 29.6 Å². The molecule has 1 atom stereocenters. The highest BCUT2D eigenvalue weighted by Gasteiger charge is 2.14. The summed E-state index contributed by atoms with van der Waals surface area (Å²) in [5.74, 6) is 1.63. The molecular formula is C26H27NO4. The van der Waals surface area contributed by atoms with Crippen LogP contribution in [-0.2, 0) is 29.1 Å². The van der Waals surface area contributed by atoms with Crippen molar-refractivity contribution in [3.05, 3.63) is 83.4 Å². The van der Waals surface area contributed by atoms with Crippen LogP contribution in [0.2, 0.25) is 0 Å². The van der Waals surface area contributed by atoms with Gasteiger partial charge in [-0.1, -0.05) is 42.5 Å². The highest BCUT2D eigenvalue weighted by molar-refractivity contribution is 5.80. The number of fused-ring (bicyclic) bond motifs is 1. The van der Waals surface area contributed by atoms with Gasteiger partial charge in [0.25, 0.3) is 0 Å². The molecule has 1 unspecified atom stereocenters. The van der Waals surface area contributed by atoms with E-state index in [0.717, 1.165) is 41.2 Å². The van der Waals surface area contributed by atoms with Crippen molar-refractivity contribution in [2.75, 3.05) is 13.7 Å². The quantitative estimate of drug-likeness (QED) is 0.586. The lowest BCUT2D eigenvalue weighted by atomic mass is 10.0. The van der Waals surface area contributed by atoms with Crippen molar-refractivity contribution >= 4 is 5.91 Å². The van der Waals surface area contributed by atoms with E-state index in [9.17, 15) is 4.79 Å². The van der Waals surface area contributed by atoms with Gasteiger partial charge in [-0.2, -0.15) is 0 Å². The third-order valence-corrected chi connectivity index (χ3v) is 5.45. The first-order chi connectivity index (χ1) is 15.1. The fourth-order valence-electron chi connectivity index (χ4n) is 3.57. The number of carbonyl (C=O) groups is 1. The first-order valence-corrected chi connectivity index (χ1v) is 10.5. The molecule has 1 heterocycles. The van der Waals surface area contributed by atoms with Gasteiger partial charge in [-0.25, -0.2) is 0 Å². The van der Waals surface area contributed by atoms with Crippen molar-refractivity contribution in [3.8, 4) is 22.6 Å². The summed E-state index contributed by atoms with van der Waals surface area (Å²) in [5.41, 5.74) is 5.60. The van der Waals surface area contributed by atoms with Gasteiger partial charge in [0.05, 0.1) is 20.3 Å². The summed E-state index contributed by atoms with van der Waals surface area (Å²) >= 11 is 0. The molecule has 0 aliphatic carbocycles. The molecular weight excluding hydrogens is 390 g/mol. The van der Waals surface area contributed by atoms with Gasteiger partial charge in [-0.3, -0.25) is 4.79 Å². The van der Waals surface area contributed by atoms with Crippen LogP contribution in [0.3, 0.4) is 0 Å². The molecule has 1 amide bonds. The van der Waals surface area contributed by atoms with Crippen molar-refractivity contribution in [2.24, 2.45) is 0 Å². The van der Waals surface area contributed by atoms with Gasteiger partial charge >= 0.3 is 0 Å². The monoisotopic (exact) mass is 417 g/mol. The van der Waals surface area contributed by atoms with Crippen LogP contribution in [-0.4, -0.2) is 25.7 Å². The number of rotatable bonds is 8. The first kappa shape index (κ1) is 20.9. The Morgan fingerprint density at radius 2 is 1.84 bits per heavy atom. The number of carbonyl (C=O) groups excluding carboxylic acids is 1. The first-order valence-electron chi connectivity index (χ1n) is 10.5. The van der Waals surface area contributed by atoms with Crippen LogP contribution in [0.25, 0.3) is 11.1 Å². The predicted octanol–water partition coefficient (Wildman–Crippen LogP) is 4.52. The Balaban J connectivity index is 1.28. The van der Waals surface area contributed by atoms with Crippen LogP contribution in [0, 0.1) is 0 Å². The summed E-state index contributed by atoms with van der Waals surface area (Å²) in [5, 5.41) is 2.95. The van der Waals surface area contributed by atoms with Gasteiger partial charge in [0, 0.05) is 13.0 Å². The summed E-state index contributed by atoms with van der Waals surface area (Å²) in [6.45, 7) is 3.34. The molecule has 4 rings (SSSR count). The third-order valence-electron chi connectivity index (χ3n) is 5.45. The van der Waals surface area contributed by atoms with Gasteiger partial charge in [-0.05, 0) is 59.0 Å². The number of methoxy groups -OCH3 is 1. The molecule has 3 aromatic carbocycles. The molecule has 5 heteroatoms. The molecule has 1 aliphatic heterocycles. The van der Waals surface area contributed by atoms with E-state index in [1.807, 2.05) is 42.5 Å². The second-order valence-electron chi connectivity index (χ2n) is 7.64. The smallest absolute Gasteiger partial charge is 0.249 e. The second kappa shape index (κ2) is 9.67. The van der Waals surface area contributed by atoms with Gasteiger partial charge in [0.15, 0.2) is 0 Å². The van der Waals surface area contributed by atoms with Gasteiger partial charge in [0.1, 0.15) is 17.6 Å².